The van der Waals surface area contributed by atoms with Crippen LogP contribution in [0.5, 0.6) is 0 Å². The van der Waals surface area contributed by atoms with E-state index in [-0.39, 0.29) is 5.69 Å². The number of nitrogens with one attached hydrogen (secondary N) is 1. The summed E-state index contributed by atoms with van der Waals surface area (Å²) in [6.07, 6.45) is 0. The van der Waals surface area contributed by atoms with Crippen LogP contribution in [0, 0.1) is 10.1 Å². The van der Waals surface area contributed by atoms with E-state index in [9.17, 15) is 14.9 Å². The second kappa shape index (κ2) is 2.44. The molecule has 13 heavy (non-hydrogen) atoms. The molecule has 6 nitrogen and oxygen atoms in total. The van der Waals surface area contributed by atoms with Gasteiger partial charge in [0, 0.05) is 12.1 Å². The largest absolute Gasteiger partial charge is 0.346 e. The third-order valence-corrected chi connectivity index (χ3v) is 1.66. The van der Waals surface area contributed by atoms with Gasteiger partial charge in [0.1, 0.15) is 0 Å². The first kappa shape index (κ1) is 7.53. The quantitative estimate of drug-likeness (QED) is 0.520. The van der Waals surface area contributed by atoms with Crippen molar-refractivity contribution in [3.05, 3.63) is 28.3 Å². The number of carbonyl (C=O) groups excluding carboxylic acids is 1. The van der Waals surface area contributed by atoms with Crippen LogP contribution in [0.15, 0.2) is 18.2 Å². The highest BCUT2D eigenvalue weighted by Gasteiger charge is 2.21. The van der Waals surface area contributed by atoms with Gasteiger partial charge in [0.25, 0.3) is 5.69 Å². The molecular weight excluding hydrogens is 174 g/mol. The van der Waals surface area contributed by atoms with Crippen molar-refractivity contribution in [3.63, 3.8) is 0 Å². The van der Waals surface area contributed by atoms with Gasteiger partial charge in [-0.1, -0.05) is 0 Å². The molecule has 0 atom stereocenters. The summed E-state index contributed by atoms with van der Waals surface area (Å²) in [6.45, 7) is 0. The lowest BCUT2D eigenvalue weighted by Gasteiger charge is -1.94. The molecule has 0 fully saturated rings. The summed E-state index contributed by atoms with van der Waals surface area (Å²) >= 11 is 0. The molecule has 1 aromatic carbocycles. The standard InChI is InChI=1S/C7H4N3O3/c11-7-8-5-2-1-4(10(12)13)3-6(5)9-7/h1-3H,(H,8,11). The molecule has 0 unspecified atom stereocenters. The Morgan fingerprint density at radius 1 is 1.46 bits per heavy atom. The third-order valence-electron chi connectivity index (χ3n) is 1.66. The Kier molecular flexibility index (Phi) is 1.42. The number of urea groups is 1. The van der Waals surface area contributed by atoms with Crippen molar-refractivity contribution in [3.8, 4) is 0 Å². The number of nitro groups is 1. The zero-order valence-electron chi connectivity index (χ0n) is 6.35. The number of amides is 2. The minimum atomic E-state index is -0.529. The van der Waals surface area contributed by atoms with Crippen molar-refractivity contribution in [1.82, 2.24) is 5.32 Å². The van der Waals surface area contributed by atoms with Gasteiger partial charge in [-0.15, -0.1) is 0 Å². The number of nitro benzene ring substituents is 1. The van der Waals surface area contributed by atoms with Crippen LogP contribution in [0.4, 0.5) is 21.9 Å². The van der Waals surface area contributed by atoms with Gasteiger partial charge in [-0.25, -0.2) is 4.79 Å². The molecule has 0 saturated heterocycles. The second-order valence-electron chi connectivity index (χ2n) is 2.50. The average molecular weight is 178 g/mol. The zero-order valence-corrected chi connectivity index (χ0v) is 6.35. The van der Waals surface area contributed by atoms with E-state index in [0.29, 0.717) is 11.4 Å². The highest BCUT2D eigenvalue weighted by molar-refractivity contribution is 6.02. The minimum absolute atomic E-state index is 0.0704. The monoisotopic (exact) mass is 178 g/mol. The molecule has 65 valence electrons. The van der Waals surface area contributed by atoms with Crippen LogP contribution in [0.3, 0.4) is 0 Å². The van der Waals surface area contributed by atoms with E-state index in [1.165, 1.54) is 18.2 Å². The number of carbonyl (C=O) groups is 1. The maximum absolute atomic E-state index is 10.7. The molecule has 0 aromatic heterocycles. The Hall–Kier alpha value is -2.11. The number of anilines is 1. The smallest absolute Gasteiger partial charge is 0.304 e. The van der Waals surface area contributed by atoms with Gasteiger partial charge in [0.05, 0.1) is 16.3 Å². The molecule has 0 aliphatic carbocycles. The Balaban J connectivity index is 2.45. The molecule has 0 saturated carbocycles. The van der Waals surface area contributed by atoms with Crippen molar-refractivity contribution >= 4 is 23.1 Å². The Bertz CT molecular complexity index is 402. The van der Waals surface area contributed by atoms with Crippen molar-refractivity contribution < 1.29 is 9.72 Å². The number of hydrogen-bond acceptors (Lipinski definition) is 3. The first-order valence-corrected chi connectivity index (χ1v) is 3.48. The van der Waals surface area contributed by atoms with Crippen LogP contribution in [0.1, 0.15) is 0 Å². The summed E-state index contributed by atoms with van der Waals surface area (Å²) in [5, 5.41) is 16.3. The molecule has 1 N–H and O–H groups in total. The van der Waals surface area contributed by atoms with Crippen LogP contribution in [-0.2, 0) is 0 Å². The molecule has 1 aliphatic rings. The number of fused-ring (bicyclic) bond motifs is 1. The molecule has 1 radical (unpaired) electrons. The van der Waals surface area contributed by atoms with Gasteiger partial charge in [0.2, 0.25) is 0 Å². The predicted octanol–water partition coefficient (Wildman–Crippen LogP) is 1.38. The van der Waals surface area contributed by atoms with E-state index < -0.39 is 11.0 Å². The maximum atomic E-state index is 10.7. The van der Waals surface area contributed by atoms with E-state index in [2.05, 4.69) is 10.6 Å². The number of rotatable bonds is 1. The van der Waals surface area contributed by atoms with Crippen LogP contribution < -0.4 is 10.6 Å². The van der Waals surface area contributed by atoms with Gasteiger partial charge >= 0.3 is 6.03 Å². The molecule has 1 aliphatic heterocycles. The number of hydrogen-bond donors (Lipinski definition) is 1. The van der Waals surface area contributed by atoms with Gasteiger partial charge in [0.15, 0.2) is 0 Å². The Morgan fingerprint density at radius 3 is 2.92 bits per heavy atom. The highest BCUT2D eigenvalue weighted by Crippen LogP contribution is 2.30. The van der Waals surface area contributed by atoms with Crippen molar-refractivity contribution in [2.24, 2.45) is 0 Å². The lowest BCUT2D eigenvalue weighted by molar-refractivity contribution is -0.384. The molecule has 2 amide bonds. The molecule has 1 aromatic rings. The molecule has 6 heteroatoms. The van der Waals surface area contributed by atoms with E-state index >= 15 is 0 Å². The van der Waals surface area contributed by atoms with Crippen molar-refractivity contribution in [2.45, 2.75) is 0 Å². The first-order chi connectivity index (χ1) is 6.16. The number of nitrogens with zero attached hydrogens (tertiary/aromatic N) is 2. The Morgan fingerprint density at radius 2 is 2.23 bits per heavy atom. The normalized spacial score (nSPS) is 13.1. The van der Waals surface area contributed by atoms with Gasteiger partial charge in [-0.3, -0.25) is 10.1 Å². The zero-order chi connectivity index (χ0) is 9.42. The summed E-state index contributed by atoms with van der Waals surface area (Å²) in [5.41, 5.74) is 0.758. The third kappa shape index (κ3) is 1.18. The van der Waals surface area contributed by atoms with E-state index in [1.807, 2.05) is 0 Å². The van der Waals surface area contributed by atoms with Crippen LogP contribution in [0.25, 0.3) is 0 Å². The lowest BCUT2D eigenvalue weighted by Crippen LogP contribution is -2.08. The first-order valence-electron chi connectivity index (χ1n) is 3.48. The van der Waals surface area contributed by atoms with Crippen molar-refractivity contribution in [2.75, 3.05) is 5.32 Å². The summed E-state index contributed by atoms with van der Waals surface area (Å²) in [4.78, 5) is 20.5. The molecule has 0 spiro atoms. The SMILES string of the molecule is O=C1[N]c2cc([N+](=O)[O-])ccc2N1. The van der Waals surface area contributed by atoms with E-state index in [1.54, 1.807) is 0 Å². The number of benzene rings is 1. The van der Waals surface area contributed by atoms with Crippen LogP contribution >= 0.6 is 0 Å². The fraction of sp³-hybridized carbons (Fsp3) is 0. The van der Waals surface area contributed by atoms with Gasteiger partial charge in [-0.2, -0.15) is 5.32 Å². The van der Waals surface area contributed by atoms with Gasteiger partial charge in [-0.05, 0) is 6.07 Å². The minimum Gasteiger partial charge on any atom is -0.304 e. The molecule has 2 rings (SSSR count). The second-order valence-corrected chi connectivity index (χ2v) is 2.50. The maximum Gasteiger partial charge on any atom is 0.346 e. The van der Waals surface area contributed by atoms with Crippen molar-refractivity contribution in [1.29, 1.82) is 0 Å². The number of non-ortho nitro benzene ring substituents is 1. The fourth-order valence-corrected chi connectivity index (χ4v) is 1.08. The van der Waals surface area contributed by atoms with E-state index in [4.69, 9.17) is 0 Å². The summed E-state index contributed by atoms with van der Waals surface area (Å²) < 4.78 is 0. The van der Waals surface area contributed by atoms with Gasteiger partial charge < -0.3 is 5.32 Å². The Labute approximate surface area is 72.7 Å². The molecular formula is C7H4N3O3. The lowest BCUT2D eigenvalue weighted by atomic mass is 10.2. The molecule has 0 bridgehead atoms. The van der Waals surface area contributed by atoms with Crippen LogP contribution in [0.2, 0.25) is 0 Å². The topological polar surface area (TPSA) is 86.3 Å². The average Bonchev–Trinajstić information content (AvgIpc) is 2.42. The van der Waals surface area contributed by atoms with Crippen LogP contribution in [-0.4, -0.2) is 11.0 Å². The summed E-state index contributed by atoms with van der Waals surface area (Å²) in [7, 11) is 0. The predicted molar refractivity (Wildman–Crippen MR) is 43.9 cm³/mol. The highest BCUT2D eigenvalue weighted by atomic mass is 16.6. The van der Waals surface area contributed by atoms with E-state index in [0.717, 1.165) is 0 Å². The fourth-order valence-electron chi connectivity index (χ4n) is 1.08. The molecule has 1 heterocycles. The summed E-state index contributed by atoms with van der Waals surface area (Å²) in [6, 6.07) is 3.55. The summed E-state index contributed by atoms with van der Waals surface area (Å²) in [5.74, 6) is 0.